The standard InChI is InChI=1S/C13H10Cl3N3O3S/c14-13(15,16)12(20)17-6-5-11-18-10(7-23-11)8-1-3-9(4-2-8)19(21)22/h1-4,7H,5-6H2,(H,17,20). The van der Waals surface area contributed by atoms with Crippen molar-refractivity contribution < 1.29 is 9.72 Å². The van der Waals surface area contributed by atoms with Crippen LogP contribution >= 0.6 is 46.1 Å². The smallest absolute Gasteiger partial charge is 0.272 e. The lowest BCUT2D eigenvalue weighted by Crippen LogP contribution is -2.35. The van der Waals surface area contributed by atoms with Gasteiger partial charge >= 0.3 is 0 Å². The fraction of sp³-hybridized carbons (Fsp3) is 0.231. The quantitative estimate of drug-likeness (QED) is 0.475. The van der Waals surface area contributed by atoms with Crippen LogP contribution in [0.1, 0.15) is 5.01 Å². The van der Waals surface area contributed by atoms with Gasteiger partial charge in [-0.05, 0) is 12.1 Å². The van der Waals surface area contributed by atoms with E-state index in [9.17, 15) is 14.9 Å². The van der Waals surface area contributed by atoms with Gasteiger partial charge in [-0.3, -0.25) is 14.9 Å². The number of amides is 1. The highest BCUT2D eigenvalue weighted by Gasteiger charge is 2.29. The lowest BCUT2D eigenvalue weighted by molar-refractivity contribution is -0.384. The Bertz CT molecular complexity index is 713. The van der Waals surface area contributed by atoms with Crippen LogP contribution in [-0.2, 0) is 11.2 Å². The Kier molecular flexibility index (Phi) is 5.80. The largest absolute Gasteiger partial charge is 0.352 e. The minimum Gasteiger partial charge on any atom is -0.352 e. The summed E-state index contributed by atoms with van der Waals surface area (Å²) in [7, 11) is 0. The van der Waals surface area contributed by atoms with E-state index >= 15 is 0 Å². The zero-order valence-electron chi connectivity index (χ0n) is 11.5. The van der Waals surface area contributed by atoms with E-state index in [-0.39, 0.29) is 5.69 Å². The first-order valence-electron chi connectivity index (χ1n) is 6.31. The van der Waals surface area contributed by atoms with Crippen LogP contribution in [0, 0.1) is 10.1 Å². The molecule has 0 spiro atoms. The number of benzene rings is 1. The van der Waals surface area contributed by atoms with Crippen molar-refractivity contribution in [2.24, 2.45) is 0 Å². The number of nitro groups is 1. The molecule has 2 aromatic rings. The van der Waals surface area contributed by atoms with Gasteiger partial charge in [0.05, 0.1) is 15.6 Å². The molecule has 0 saturated carbocycles. The second-order valence-electron chi connectivity index (χ2n) is 4.43. The van der Waals surface area contributed by atoms with Crippen LogP contribution in [0.4, 0.5) is 5.69 Å². The normalized spacial score (nSPS) is 11.3. The van der Waals surface area contributed by atoms with Gasteiger partial charge in [-0.15, -0.1) is 11.3 Å². The fourth-order valence-corrected chi connectivity index (χ4v) is 2.70. The first kappa shape index (κ1) is 17.9. The van der Waals surface area contributed by atoms with Gasteiger partial charge in [-0.2, -0.15) is 0 Å². The van der Waals surface area contributed by atoms with E-state index in [0.717, 1.165) is 10.6 Å². The average molecular weight is 395 g/mol. The summed E-state index contributed by atoms with van der Waals surface area (Å²) in [4.78, 5) is 26.0. The van der Waals surface area contributed by atoms with Gasteiger partial charge in [0, 0.05) is 36.0 Å². The van der Waals surface area contributed by atoms with Gasteiger partial charge in [-0.25, -0.2) is 4.98 Å². The molecule has 0 unspecified atom stereocenters. The SMILES string of the molecule is O=C(NCCc1nc(-c2ccc([N+](=O)[O-])cc2)cs1)C(Cl)(Cl)Cl. The first-order valence-corrected chi connectivity index (χ1v) is 8.33. The number of carbonyl (C=O) groups excluding carboxylic acids is 1. The number of carbonyl (C=O) groups is 1. The highest BCUT2D eigenvalue weighted by Crippen LogP contribution is 2.26. The molecule has 23 heavy (non-hydrogen) atoms. The summed E-state index contributed by atoms with van der Waals surface area (Å²) in [5, 5.41) is 15.8. The second-order valence-corrected chi connectivity index (χ2v) is 7.66. The van der Waals surface area contributed by atoms with Crippen LogP contribution in [0.2, 0.25) is 0 Å². The van der Waals surface area contributed by atoms with Crippen molar-refractivity contribution in [1.82, 2.24) is 10.3 Å². The molecular weight excluding hydrogens is 385 g/mol. The average Bonchev–Trinajstić information content (AvgIpc) is 2.95. The van der Waals surface area contributed by atoms with Crippen molar-refractivity contribution in [1.29, 1.82) is 0 Å². The molecule has 6 nitrogen and oxygen atoms in total. The van der Waals surface area contributed by atoms with Gasteiger partial charge in [0.15, 0.2) is 0 Å². The van der Waals surface area contributed by atoms with E-state index in [1.807, 2.05) is 5.38 Å². The molecule has 1 aromatic carbocycles. The molecule has 0 fully saturated rings. The molecular formula is C13H10Cl3N3O3S. The molecule has 0 saturated heterocycles. The van der Waals surface area contributed by atoms with E-state index in [4.69, 9.17) is 34.8 Å². The zero-order chi connectivity index (χ0) is 17.0. The molecule has 0 aliphatic heterocycles. The lowest BCUT2D eigenvalue weighted by atomic mass is 10.1. The Labute approximate surface area is 150 Å². The number of nitrogens with zero attached hydrogens (tertiary/aromatic N) is 2. The van der Waals surface area contributed by atoms with Crippen LogP contribution in [0.15, 0.2) is 29.6 Å². The topological polar surface area (TPSA) is 85.1 Å². The number of alkyl halides is 3. The van der Waals surface area contributed by atoms with Gasteiger partial charge in [0.25, 0.3) is 15.4 Å². The second kappa shape index (κ2) is 7.44. The molecule has 0 bridgehead atoms. The molecule has 122 valence electrons. The molecule has 1 amide bonds. The van der Waals surface area contributed by atoms with Crippen LogP contribution in [0.3, 0.4) is 0 Å². The van der Waals surface area contributed by atoms with Crippen molar-refractivity contribution in [3.05, 3.63) is 44.8 Å². The minimum atomic E-state index is -1.98. The van der Waals surface area contributed by atoms with Crippen molar-refractivity contribution in [2.45, 2.75) is 10.2 Å². The van der Waals surface area contributed by atoms with Crippen LogP contribution in [0.5, 0.6) is 0 Å². The summed E-state index contributed by atoms with van der Waals surface area (Å²) in [6.45, 7) is 0.292. The van der Waals surface area contributed by atoms with Crippen LogP contribution < -0.4 is 5.32 Å². The maximum atomic E-state index is 11.4. The van der Waals surface area contributed by atoms with E-state index in [1.165, 1.54) is 23.5 Å². The number of nitro benzene ring substituents is 1. The summed E-state index contributed by atoms with van der Waals surface area (Å²) >= 11 is 17.7. The maximum Gasteiger partial charge on any atom is 0.272 e. The van der Waals surface area contributed by atoms with Crippen molar-refractivity contribution in [3.8, 4) is 11.3 Å². The third-order valence-corrected chi connectivity index (χ3v) is 4.23. The van der Waals surface area contributed by atoms with E-state index < -0.39 is 14.6 Å². The fourth-order valence-electron chi connectivity index (χ4n) is 1.70. The molecule has 10 heteroatoms. The van der Waals surface area contributed by atoms with E-state index in [0.29, 0.717) is 18.7 Å². The Morgan fingerprint density at radius 2 is 1.96 bits per heavy atom. The Hall–Kier alpha value is -1.41. The molecule has 0 aliphatic carbocycles. The highest BCUT2D eigenvalue weighted by atomic mass is 35.6. The zero-order valence-corrected chi connectivity index (χ0v) is 14.5. The number of hydrogen-bond acceptors (Lipinski definition) is 5. The summed E-state index contributed by atoms with van der Waals surface area (Å²) < 4.78 is -1.98. The number of nitrogens with one attached hydrogen (secondary N) is 1. The third kappa shape index (κ3) is 5.04. The van der Waals surface area contributed by atoms with Crippen molar-refractivity contribution in [3.63, 3.8) is 0 Å². The Morgan fingerprint density at radius 3 is 2.52 bits per heavy atom. The number of aromatic nitrogens is 1. The molecule has 0 radical (unpaired) electrons. The first-order chi connectivity index (χ1) is 10.8. The number of non-ortho nitro benzene ring substituents is 1. The predicted molar refractivity (Wildman–Crippen MR) is 91.2 cm³/mol. The third-order valence-electron chi connectivity index (χ3n) is 2.81. The summed E-state index contributed by atoms with van der Waals surface area (Å²) in [6.07, 6.45) is 0.490. The summed E-state index contributed by atoms with van der Waals surface area (Å²) in [5.74, 6) is -0.686. The number of rotatable bonds is 5. The molecule has 0 aliphatic rings. The minimum absolute atomic E-state index is 0.0265. The van der Waals surface area contributed by atoms with Crippen molar-refractivity contribution in [2.75, 3.05) is 6.54 Å². The maximum absolute atomic E-state index is 11.4. The molecule has 0 atom stereocenters. The number of thiazole rings is 1. The molecule has 1 N–H and O–H groups in total. The monoisotopic (exact) mass is 393 g/mol. The van der Waals surface area contributed by atoms with Gasteiger partial charge in [0.2, 0.25) is 0 Å². The van der Waals surface area contributed by atoms with E-state index in [2.05, 4.69) is 10.3 Å². The molecule has 1 aromatic heterocycles. The van der Waals surface area contributed by atoms with Crippen LogP contribution in [0.25, 0.3) is 11.3 Å². The lowest BCUT2D eigenvalue weighted by Gasteiger charge is -2.10. The summed E-state index contributed by atoms with van der Waals surface area (Å²) in [6, 6.07) is 6.13. The van der Waals surface area contributed by atoms with Crippen molar-refractivity contribution >= 4 is 57.7 Å². The number of hydrogen-bond donors (Lipinski definition) is 1. The Morgan fingerprint density at radius 1 is 1.30 bits per heavy atom. The van der Waals surface area contributed by atoms with Gasteiger partial charge in [-0.1, -0.05) is 34.8 Å². The van der Waals surface area contributed by atoms with Gasteiger partial charge < -0.3 is 5.32 Å². The highest BCUT2D eigenvalue weighted by molar-refractivity contribution is 7.09. The number of halogens is 3. The summed E-state index contributed by atoms with van der Waals surface area (Å²) in [5.41, 5.74) is 1.52. The predicted octanol–water partition coefficient (Wildman–Crippen LogP) is 3.75. The molecule has 2 rings (SSSR count). The van der Waals surface area contributed by atoms with Gasteiger partial charge in [0.1, 0.15) is 0 Å². The molecule has 1 heterocycles. The van der Waals surface area contributed by atoms with E-state index in [1.54, 1.807) is 12.1 Å². The van der Waals surface area contributed by atoms with Crippen LogP contribution in [-0.4, -0.2) is 26.2 Å². The Balaban J connectivity index is 1.95.